The summed E-state index contributed by atoms with van der Waals surface area (Å²) in [5, 5.41) is 12.8. The van der Waals surface area contributed by atoms with E-state index >= 15 is 0 Å². The maximum atomic E-state index is 14.2. The van der Waals surface area contributed by atoms with Crippen LogP contribution >= 0.6 is 0 Å². The SMILES string of the molecule is COc1cc(Nc2nccc(N(Cc3cc(F)ccc3F)C(=O)O)n2)cc(OCCCN2CCN(C)CC2)c1OC. The van der Waals surface area contributed by atoms with Crippen molar-refractivity contribution in [2.75, 3.05) is 70.8 Å². The number of hydrogen-bond acceptors (Lipinski definition) is 9. The van der Waals surface area contributed by atoms with Crippen LogP contribution in [0.15, 0.2) is 42.6 Å². The normalized spacial score (nSPS) is 14.0. The van der Waals surface area contributed by atoms with Crippen molar-refractivity contribution >= 4 is 23.5 Å². The predicted molar refractivity (Wildman–Crippen MR) is 149 cm³/mol. The fraction of sp³-hybridized carbons (Fsp3) is 0.393. The number of carbonyl (C=O) groups is 1. The molecule has 0 unspecified atom stereocenters. The summed E-state index contributed by atoms with van der Waals surface area (Å²) in [6.07, 6.45) is 0.797. The van der Waals surface area contributed by atoms with Gasteiger partial charge in [0.25, 0.3) is 0 Å². The molecule has 0 radical (unpaired) electrons. The van der Waals surface area contributed by atoms with Crippen LogP contribution in [0.4, 0.5) is 31.0 Å². The lowest BCUT2D eigenvalue weighted by molar-refractivity contribution is 0.145. The van der Waals surface area contributed by atoms with Crippen LogP contribution < -0.4 is 24.4 Å². The van der Waals surface area contributed by atoms with Crippen molar-refractivity contribution in [3.05, 3.63) is 59.8 Å². The summed E-state index contributed by atoms with van der Waals surface area (Å²) in [4.78, 5) is 26.0. The minimum atomic E-state index is -1.39. The molecule has 1 fully saturated rings. The molecule has 0 aliphatic carbocycles. The number of carboxylic acid groups (broad SMARTS) is 1. The van der Waals surface area contributed by atoms with Crippen molar-refractivity contribution in [2.24, 2.45) is 0 Å². The maximum absolute atomic E-state index is 14.2. The lowest BCUT2D eigenvalue weighted by atomic mass is 10.2. The Kier molecular flexibility index (Phi) is 10.1. The number of ether oxygens (including phenoxy) is 3. The Morgan fingerprint density at radius 2 is 1.83 bits per heavy atom. The number of likely N-dealkylation sites (N-methyl/N-ethyl adjacent to an activating group) is 1. The zero-order valence-corrected chi connectivity index (χ0v) is 23.3. The number of aromatic nitrogens is 2. The molecule has 3 aromatic rings. The number of nitrogens with zero attached hydrogens (tertiary/aromatic N) is 5. The molecule has 4 rings (SSSR count). The van der Waals surface area contributed by atoms with Crippen LogP contribution in [0.1, 0.15) is 12.0 Å². The lowest BCUT2D eigenvalue weighted by Crippen LogP contribution is -2.44. The number of amides is 1. The molecular weight excluding hydrogens is 538 g/mol. The molecule has 1 aliphatic rings. The van der Waals surface area contributed by atoms with Gasteiger partial charge in [-0.3, -0.25) is 4.90 Å². The van der Waals surface area contributed by atoms with E-state index in [-0.39, 0.29) is 17.3 Å². The second-order valence-electron chi connectivity index (χ2n) is 9.52. The van der Waals surface area contributed by atoms with Gasteiger partial charge in [-0.1, -0.05) is 0 Å². The molecule has 13 heteroatoms. The summed E-state index contributed by atoms with van der Waals surface area (Å²) < 4.78 is 44.9. The van der Waals surface area contributed by atoms with Crippen LogP contribution in [0.3, 0.4) is 0 Å². The first-order valence-corrected chi connectivity index (χ1v) is 13.1. The number of piperazine rings is 1. The summed E-state index contributed by atoms with van der Waals surface area (Å²) in [5.74, 6) is -0.0640. The predicted octanol–water partition coefficient (Wildman–Crippen LogP) is 4.22. The van der Waals surface area contributed by atoms with Gasteiger partial charge in [0.05, 0.1) is 27.4 Å². The zero-order valence-electron chi connectivity index (χ0n) is 23.3. The van der Waals surface area contributed by atoms with Gasteiger partial charge < -0.3 is 34.4 Å². The summed E-state index contributed by atoms with van der Waals surface area (Å²) in [5.41, 5.74) is 0.377. The largest absolute Gasteiger partial charge is 0.493 e. The van der Waals surface area contributed by atoms with Crippen LogP contribution in [0, 0.1) is 11.6 Å². The lowest BCUT2D eigenvalue weighted by Gasteiger charge is -2.32. The Hall–Kier alpha value is -4.23. The van der Waals surface area contributed by atoms with E-state index in [2.05, 4.69) is 32.1 Å². The molecule has 0 atom stereocenters. The summed E-state index contributed by atoms with van der Waals surface area (Å²) >= 11 is 0. The molecule has 11 nitrogen and oxygen atoms in total. The number of anilines is 3. The highest BCUT2D eigenvalue weighted by Crippen LogP contribution is 2.40. The standard InChI is InChI=1S/C28H34F2N6O5/c1-34-10-12-35(13-11-34)9-4-14-41-24-17-21(16-23(39-2)26(24)40-3)32-27-31-8-7-25(33-27)36(28(37)38)18-19-15-20(29)5-6-22(19)30/h5-8,15-17H,4,9-14,18H2,1-3H3,(H,37,38)(H,31,32,33). The molecular formula is C28H34F2N6O5. The molecule has 1 saturated heterocycles. The third-order valence-electron chi connectivity index (χ3n) is 6.66. The van der Waals surface area contributed by atoms with Crippen LogP contribution in [-0.4, -0.2) is 91.6 Å². The van der Waals surface area contributed by atoms with E-state index in [9.17, 15) is 18.7 Å². The van der Waals surface area contributed by atoms with Gasteiger partial charge in [-0.15, -0.1) is 0 Å². The van der Waals surface area contributed by atoms with Gasteiger partial charge in [0, 0.05) is 62.3 Å². The third-order valence-corrected chi connectivity index (χ3v) is 6.66. The molecule has 2 heterocycles. The van der Waals surface area contributed by atoms with Crippen molar-refractivity contribution < 1.29 is 32.9 Å². The minimum absolute atomic E-state index is 0.0282. The first kappa shape index (κ1) is 29.7. The van der Waals surface area contributed by atoms with Gasteiger partial charge in [-0.2, -0.15) is 4.98 Å². The Morgan fingerprint density at radius 3 is 2.54 bits per heavy atom. The monoisotopic (exact) mass is 572 g/mol. The van der Waals surface area contributed by atoms with Crippen molar-refractivity contribution in [3.8, 4) is 17.2 Å². The molecule has 1 amide bonds. The molecule has 0 saturated carbocycles. The van der Waals surface area contributed by atoms with Crippen LogP contribution in [-0.2, 0) is 6.54 Å². The number of benzene rings is 2. The Bertz CT molecular complexity index is 1340. The van der Waals surface area contributed by atoms with Crippen LogP contribution in [0.5, 0.6) is 17.2 Å². The summed E-state index contributed by atoms with van der Waals surface area (Å²) in [6, 6.07) is 7.60. The molecule has 0 spiro atoms. The highest BCUT2D eigenvalue weighted by molar-refractivity contribution is 5.84. The minimum Gasteiger partial charge on any atom is -0.493 e. The molecule has 1 aliphatic heterocycles. The van der Waals surface area contributed by atoms with Crippen molar-refractivity contribution in [2.45, 2.75) is 13.0 Å². The van der Waals surface area contributed by atoms with Gasteiger partial charge in [-0.25, -0.2) is 18.6 Å². The quantitative estimate of drug-likeness (QED) is 0.306. The highest BCUT2D eigenvalue weighted by atomic mass is 19.1. The van der Waals surface area contributed by atoms with Crippen molar-refractivity contribution in [3.63, 3.8) is 0 Å². The number of rotatable bonds is 12. The van der Waals surface area contributed by atoms with E-state index < -0.39 is 24.3 Å². The molecule has 2 aromatic carbocycles. The van der Waals surface area contributed by atoms with E-state index in [0.29, 0.717) is 29.5 Å². The van der Waals surface area contributed by atoms with E-state index in [1.165, 1.54) is 26.5 Å². The first-order chi connectivity index (χ1) is 19.8. The van der Waals surface area contributed by atoms with Crippen molar-refractivity contribution in [1.29, 1.82) is 0 Å². The fourth-order valence-electron chi connectivity index (χ4n) is 4.42. The second kappa shape index (κ2) is 13.9. The molecule has 1 aromatic heterocycles. The number of hydrogen-bond donors (Lipinski definition) is 2. The Labute approximate surface area is 237 Å². The van der Waals surface area contributed by atoms with E-state index in [0.717, 1.165) is 62.2 Å². The Balaban J connectivity index is 1.48. The number of halogens is 2. The molecule has 2 N–H and O–H groups in total. The third kappa shape index (κ3) is 7.92. The van der Waals surface area contributed by atoms with E-state index in [1.54, 1.807) is 12.1 Å². The topological polar surface area (TPSA) is 113 Å². The van der Waals surface area contributed by atoms with Gasteiger partial charge >= 0.3 is 6.09 Å². The van der Waals surface area contributed by atoms with Crippen LogP contribution in [0.25, 0.3) is 0 Å². The smallest absolute Gasteiger partial charge is 0.413 e. The number of methoxy groups -OCH3 is 2. The van der Waals surface area contributed by atoms with Gasteiger partial charge in [-0.05, 0) is 37.7 Å². The summed E-state index contributed by atoms with van der Waals surface area (Å²) in [6.45, 7) is 5.10. The van der Waals surface area contributed by atoms with E-state index in [1.807, 2.05) is 0 Å². The van der Waals surface area contributed by atoms with Crippen LogP contribution in [0.2, 0.25) is 0 Å². The maximum Gasteiger partial charge on any atom is 0.413 e. The molecule has 220 valence electrons. The fourth-order valence-corrected chi connectivity index (χ4v) is 4.42. The zero-order chi connectivity index (χ0) is 29.4. The molecule has 41 heavy (non-hydrogen) atoms. The van der Waals surface area contributed by atoms with Gasteiger partial charge in [0.15, 0.2) is 11.5 Å². The van der Waals surface area contributed by atoms with Gasteiger partial charge in [0.2, 0.25) is 11.7 Å². The highest BCUT2D eigenvalue weighted by Gasteiger charge is 2.21. The van der Waals surface area contributed by atoms with Crippen molar-refractivity contribution in [1.82, 2.24) is 19.8 Å². The summed E-state index contributed by atoms with van der Waals surface area (Å²) in [7, 11) is 5.15. The average molecular weight is 573 g/mol. The molecule has 0 bridgehead atoms. The van der Waals surface area contributed by atoms with Gasteiger partial charge in [0.1, 0.15) is 17.5 Å². The first-order valence-electron chi connectivity index (χ1n) is 13.1. The van der Waals surface area contributed by atoms with E-state index in [4.69, 9.17) is 14.2 Å². The second-order valence-corrected chi connectivity index (χ2v) is 9.52. The number of nitrogens with one attached hydrogen (secondary N) is 1. The Morgan fingerprint density at radius 1 is 1.07 bits per heavy atom. The average Bonchev–Trinajstić information content (AvgIpc) is 2.96.